The predicted octanol–water partition coefficient (Wildman–Crippen LogP) is 6.99. The highest BCUT2D eigenvalue weighted by Crippen LogP contribution is 2.34. The number of alkyl halides is 3. The van der Waals surface area contributed by atoms with Gasteiger partial charge in [-0.3, -0.25) is 9.78 Å². The third-order valence-electron chi connectivity index (χ3n) is 5.85. The maximum atomic E-state index is 13.3. The fourth-order valence-corrected chi connectivity index (χ4v) is 3.95. The van der Waals surface area contributed by atoms with Crippen molar-refractivity contribution in [2.75, 3.05) is 5.32 Å². The second-order valence-corrected chi connectivity index (χ2v) is 8.53. The Kier molecular flexibility index (Phi) is 7.50. The summed E-state index contributed by atoms with van der Waals surface area (Å²) in [6.07, 6.45) is -4.20. The molecular formula is C29H25F3N2O2. The zero-order chi connectivity index (χ0) is 25.7. The first-order valence-corrected chi connectivity index (χ1v) is 11.5. The number of carbonyl (C=O) groups excluding carboxylic acids is 1. The van der Waals surface area contributed by atoms with Crippen LogP contribution in [0, 0.1) is 6.92 Å². The number of carbonyl (C=O) groups is 1. The number of aryl methyl sites for hydroxylation is 2. The fraction of sp³-hybridized carbons (Fsp3) is 0.172. The summed E-state index contributed by atoms with van der Waals surface area (Å²) in [7, 11) is 0. The molecule has 4 rings (SSSR count). The van der Waals surface area contributed by atoms with Crippen LogP contribution >= 0.6 is 0 Å². The monoisotopic (exact) mass is 490 g/mol. The van der Waals surface area contributed by atoms with Gasteiger partial charge in [0.1, 0.15) is 0 Å². The van der Waals surface area contributed by atoms with Crippen molar-refractivity contribution in [3.8, 4) is 11.1 Å². The maximum absolute atomic E-state index is 13.3. The van der Waals surface area contributed by atoms with Crippen LogP contribution in [0.4, 0.5) is 18.9 Å². The number of nitrogens with zero attached hydrogens (tertiary/aromatic N) is 1. The Balaban J connectivity index is 1.50. The number of hydrogen-bond acceptors (Lipinski definition) is 3. The molecule has 0 radical (unpaired) electrons. The number of rotatable bonds is 7. The van der Waals surface area contributed by atoms with Crippen LogP contribution in [0.25, 0.3) is 11.1 Å². The quantitative estimate of drug-likeness (QED) is 0.293. The van der Waals surface area contributed by atoms with Gasteiger partial charge in [0.15, 0.2) is 0 Å². The van der Waals surface area contributed by atoms with Crippen molar-refractivity contribution < 1.29 is 23.1 Å². The van der Waals surface area contributed by atoms with Crippen molar-refractivity contribution in [1.29, 1.82) is 0 Å². The number of benzene rings is 3. The van der Waals surface area contributed by atoms with Gasteiger partial charge in [-0.2, -0.15) is 13.2 Å². The number of pyridine rings is 1. The van der Waals surface area contributed by atoms with Gasteiger partial charge in [0, 0.05) is 22.6 Å². The Morgan fingerprint density at radius 2 is 1.67 bits per heavy atom. The van der Waals surface area contributed by atoms with Crippen LogP contribution in [0.2, 0.25) is 0 Å². The number of anilines is 1. The van der Waals surface area contributed by atoms with E-state index in [1.807, 2.05) is 25.1 Å². The van der Waals surface area contributed by atoms with Gasteiger partial charge in [-0.1, -0.05) is 54.6 Å². The highest BCUT2D eigenvalue weighted by molar-refractivity contribution is 6.08. The van der Waals surface area contributed by atoms with E-state index in [0.29, 0.717) is 35.2 Å². The molecule has 0 fully saturated rings. The van der Waals surface area contributed by atoms with Gasteiger partial charge in [-0.05, 0) is 72.9 Å². The molecule has 7 heteroatoms. The fourth-order valence-electron chi connectivity index (χ4n) is 3.95. The first kappa shape index (κ1) is 25.1. The first-order chi connectivity index (χ1) is 17.2. The third-order valence-corrected chi connectivity index (χ3v) is 5.85. The summed E-state index contributed by atoms with van der Waals surface area (Å²) >= 11 is 0. The van der Waals surface area contributed by atoms with E-state index in [0.717, 1.165) is 23.5 Å². The van der Waals surface area contributed by atoms with Gasteiger partial charge in [-0.25, -0.2) is 0 Å². The number of halogens is 3. The number of aliphatic hydroxyl groups excluding tert-OH is 1. The molecule has 0 aliphatic rings. The smallest absolute Gasteiger partial charge is 0.388 e. The van der Waals surface area contributed by atoms with Crippen LogP contribution in [0.1, 0.15) is 45.4 Å². The predicted molar refractivity (Wildman–Crippen MR) is 134 cm³/mol. The molecule has 0 aliphatic carbocycles. The van der Waals surface area contributed by atoms with Crippen molar-refractivity contribution in [3.05, 3.63) is 119 Å². The molecular weight excluding hydrogens is 465 g/mol. The lowest BCUT2D eigenvalue weighted by Crippen LogP contribution is -2.15. The minimum absolute atomic E-state index is 0.0780. The Hall–Kier alpha value is -3.97. The van der Waals surface area contributed by atoms with Crippen molar-refractivity contribution in [2.45, 2.75) is 32.0 Å². The molecule has 3 aromatic carbocycles. The Labute approximate surface area is 207 Å². The van der Waals surface area contributed by atoms with E-state index in [1.165, 1.54) is 6.07 Å². The van der Waals surface area contributed by atoms with Gasteiger partial charge < -0.3 is 10.4 Å². The Morgan fingerprint density at radius 1 is 0.944 bits per heavy atom. The largest absolute Gasteiger partial charge is 0.416 e. The van der Waals surface area contributed by atoms with Crippen molar-refractivity contribution in [1.82, 2.24) is 4.98 Å². The summed E-state index contributed by atoms with van der Waals surface area (Å²) in [5.41, 5.74) is 2.96. The molecule has 36 heavy (non-hydrogen) atoms. The molecule has 1 unspecified atom stereocenters. The van der Waals surface area contributed by atoms with Crippen LogP contribution in [0.3, 0.4) is 0 Å². The lowest BCUT2D eigenvalue weighted by atomic mass is 9.96. The Bertz CT molecular complexity index is 1340. The van der Waals surface area contributed by atoms with E-state index in [9.17, 15) is 23.1 Å². The summed E-state index contributed by atoms with van der Waals surface area (Å²) in [5.74, 6) is -0.654. The summed E-state index contributed by atoms with van der Waals surface area (Å²) in [4.78, 5) is 17.5. The summed E-state index contributed by atoms with van der Waals surface area (Å²) < 4.78 is 40.0. The average Bonchev–Trinajstić information content (AvgIpc) is 2.87. The van der Waals surface area contributed by atoms with E-state index in [-0.39, 0.29) is 5.56 Å². The SMILES string of the molecule is Cc1cccc(CCC(O)c2ccc(NC(=O)c3cc(C(F)(F)F)ccc3-c3ccccc3)cc2)n1. The lowest BCUT2D eigenvalue weighted by Gasteiger charge is -2.15. The van der Waals surface area contributed by atoms with Gasteiger partial charge in [0.25, 0.3) is 5.91 Å². The molecule has 2 N–H and O–H groups in total. The van der Waals surface area contributed by atoms with E-state index < -0.39 is 23.8 Å². The second kappa shape index (κ2) is 10.7. The zero-order valence-corrected chi connectivity index (χ0v) is 19.6. The summed E-state index contributed by atoms with van der Waals surface area (Å²) in [6, 6.07) is 24.3. The maximum Gasteiger partial charge on any atom is 0.416 e. The number of aromatic nitrogens is 1. The van der Waals surface area contributed by atoms with E-state index in [1.54, 1.807) is 54.6 Å². The zero-order valence-electron chi connectivity index (χ0n) is 19.6. The molecule has 0 saturated carbocycles. The summed E-state index contributed by atoms with van der Waals surface area (Å²) in [6.45, 7) is 1.91. The van der Waals surface area contributed by atoms with Crippen LogP contribution in [-0.2, 0) is 12.6 Å². The topological polar surface area (TPSA) is 62.2 Å². The molecule has 0 saturated heterocycles. The minimum Gasteiger partial charge on any atom is -0.388 e. The molecule has 1 aromatic heterocycles. The van der Waals surface area contributed by atoms with E-state index in [4.69, 9.17) is 0 Å². The van der Waals surface area contributed by atoms with E-state index >= 15 is 0 Å². The number of amides is 1. The molecule has 1 atom stereocenters. The average molecular weight is 491 g/mol. The second-order valence-electron chi connectivity index (χ2n) is 8.53. The van der Waals surface area contributed by atoms with Crippen LogP contribution in [0.5, 0.6) is 0 Å². The first-order valence-electron chi connectivity index (χ1n) is 11.5. The lowest BCUT2D eigenvalue weighted by molar-refractivity contribution is -0.137. The highest BCUT2D eigenvalue weighted by Gasteiger charge is 2.32. The summed E-state index contributed by atoms with van der Waals surface area (Å²) in [5, 5.41) is 13.2. The number of hydrogen-bond donors (Lipinski definition) is 2. The standard InChI is InChI=1S/C29H25F3N2O2/c1-19-6-5-9-23(33-19)15-17-27(35)21-10-13-24(14-11-21)34-28(36)26-18-22(29(30,31)32)12-16-25(26)20-7-3-2-4-8-20/h2-14,16,18,27,35H,15,17H2,1H3,(H,34,36). The minimum atomic E-state index is -4.57. The van der Waals surface area contributed by atoms with Gasteiger partial charge >= 0.3 is 6.18 Å². The van der Waals surface area contributed by atoms with Crippen LogP contribution < -0.4 is 5.32 Å². The van der Waals surface area contributed by atoms with Crippen molar-refractivity contribution >= 4 is 11.6 Å². The molecule has 1 amide bonds. The van der Waals surface area contributed by atoms with Gasteiger partial charge in [0.2, 0.25) is 0 Å². The van der Waals surface area contributed by atoms with Gasteiger partial charge in [0.05, 0.1) is 11.7 Å². The van der Waals surface area contributed by atoms with Crippen molar-refractivity contribution in [3.63, 3.8) is 0 Å². The molecule has 4 nitrogen and oxygen atoms in total. The third kappa shape index (κ3) is 6.17. The molecule has 184 valence electrons. The van der Waals surface area contributed by atoms with Crippen molar-refractivity contribution in [2.24, 2.45) is 0 Å². The molecule has 0 aliphatic heterocycles. The highest BCUT2D eigenvalue weighted by atomic mass is 19.4. The molecule has 0 spiro atoms. The van der Waals surface area contributed by atoms with E-state index in [2.05, 4.69) is 10.3 Å². The van der Waals surface area contributed by atoms with Crippen LogP contribution in [-0.4, -0.2) is 16.0 Å². The van der Waals surface area contributed by atoms with Crippen LogP contribution in [0.15, 0.2) is 91.0 Å². The molecule has 4 aromatic rings. The normalized spacial score (nSPS) is 12.2. The number of aliphatic hydroxyl groups is 1. The molecule has 1 heterocycles. The Morgan fingerprint density at radius 3 is 2.33 bits per heavy atom. The van der Waals surface area contributed by atoms with Gasteiger partial charge in [-0.15, -0.1) is 0 Å². The number of nitrogens with one attached hydrogen (secondary N) is 1. The molecule has 0 bridgehead atoms.